The van der Waals surface area contributed by atoms with Crippen LogP contribution in [0.1, 0.15) is 37.8 Å². The van der Waals surface area contributed by atoms with Crippen LogP contribution >= 0.6 is 0 Å². The van der Waals surface area contributed by atoms with Crippen LogP contribution in [0.3, 0.4) is 0 Å². The van der Waals surface area contributed by atoms with Gasteiger partial charge in [0.05, 0.1) is 11.0 Å². The van der Waals surface area contributed by atoms with Crippen molar-refractivity contribution in [3.8, 4) is 0 Å². The van der Waals surface area contributed by atoms with Crippen molar-refractivity contribution in [2.75, 3.05) is 6.61 Å². The first-order valence-electron chi connectivity index (χ1n) is 6.33. The van der Waals surface area contributed by atoms with E-state index in [-0.39, 0.29) is 11.0 Å². The third kappa shape index (κ3) is 1.67. The van der Waals surface area contributed by atoms with Gasteiger partial charge in [-0.05, 0) is 44.7 Å². The molecule has 0 bridgehead atoms. The van der Waals surface area contributed by atoms with Gasteiger partial charge in [-0.2, -0.15) is 0 Å². The summed E-state index contributed by atoms with van der Waals surface area (Å²) in [6.07, 6.45) is 2.35. The largest absolute Gasteiger partial charge is 0.478 e. The quantitative estimate of drug-likeness (QED) is 0.763. The lowest BCUT2D eigenvalue weighted by molar-refractivity contribution is 0.269. The molecule has 0 atom stereocenters. The Balaban J connectivity index is 2.01. The van der Waals surface area contributed by atoms with Crippen LogP contribution in [0, 0.1) is 6.92 Å². The van der Waals surface area contributed by atoms with E-state index in [1.54, 1.807) is 0 Å². The highest BCUT2D eigenvalue weighted by molar-refractivity contribution is 5.93. The van der Waals surface area contributed by atoms with Crippen LogP contribution < -0.4 is 0 Å². The van der Waals surface area contributed by atoms with E-state index < -0.39 is 0 Å². The van der Waals surface area contributed by atoms with Crippen molar-refractivity contribution in [3.05, 3.63) is 35.4 Å². The van der Waals surface area contributed by atoms with Crippen LogP contribution in [0.2, 0.25) is 0 Å². The lowest BCUT2D eigenvalue weighted by atomic mass is 9.91. The second-order valence-electron chi connectivity index (χ2n) is 5.92. The molecule has 3 rings (SSSR count). The zero-order valence-electron chi connectivity index (χ0n) is 10.8. The molecular formula is C15H19NO. The lowest BCUT2D eigenvalue weighted by Gasteiger charge is -2.17. The third-order valence-electron chi connectivity index (χ3n) is 3.79. The van der Waals surface area contributed by atoms with E-state index in [1.807, 2.05) is 0 Å². The summed E-state index contributed by atoms with van der Waals surface area (Å²) in [7, 11) is 0. The van der Waals surface area contributed by atoms with E-state index in [4.69, 9.17) is 9.73 Å². The molecule has 2 heteroatoms. The molecule has 2 aliphatic rings. The molecule has 1 fully saturated rings. The summed E-state index contributed by atoms with van der Waals surface area (Å²) in [5.41, 5.74) is 2.80. The highest BCUT2D eigenvalue weighted by atomic mass is 16.5. The number of hydrogen-bond donors (Lipinski definition) is 0. The fourth-order valence-electron chi connectivity index (χ4n) is 2.66. The number of ether oxygens (including phenoxy) is 1. The number of aliphatic imine (C=N–C) groups is 1. The van der Waals surface area contributed by atoms with Crippen molar-refractivity contribution in [1.82, 2.24) is 0 Å². The normalized spacial score (nSPS) is 24.1. The average Bonchev–Trinajstić information content (AvgIpc) is 2.99. The van der Waals surface area contributed by atoms with E-state index in [1.165, 1.54) is 24.0 Å². The Hall–Kier alpha value is -1.31. The topological polar surface area (TPSA) is 21.6 Å². The van der Waals surface area contributed by atoms with Crippen molar-refractivity contribution in [1.29, 1.82) is 0 Å². The van der Waals surface area contributed by atoms with Gasteiger partial charge in [0, 0.05) is 0 Å². The number of nitrogens with zero attached hydrogens (tertiary/aromatic N) is 1. The van der Waals surface area contributed by atoms with Crippen LogP contribution in [0.15, 0.2) is 29.3 Å². The summed E-state index contributed by atoms with van der Waals surface area (Å²) >= 11 is 0. The molecule has 0 saturated heterocycles. The minimum Gasteiger partial charge on any atom is -0.478 e. The number of rotatable bonds is 2. The fourth-order valence-corrected chi connectivity index (χ4v) is 2.66. The first-order valence-corrected chi connectivity index (χ1v) is 6.33. The molecule has 1 saturated carbocycles. The lowest BCUT2D eigenvalue weighted by Crippen LogP contribution is -2.21. The molecule has 0 spiro atoms. The van der Waals surface area contributed by atoms with Crippen LogP contribution in [-0.4, -0.2) is 18.0 Å². The molecule has 17 heavy (non-hydrogen) atoms. The van der Waals surface area contributed by atoms with Crippen molar-refractivity contribution < 1.29 is 4.74 Å². The highest BCUT2D eigenvalue weighted by Gasteiger charge is 2.53. The van der Waals surface area contributed by atoms with Gasteiger partial charge in [-0.1, -0.05) is 24.3 Å². The number of hydrogen-bond acceptors (Lipinski definition) is 2. The molecule has 1 heterocycles. The minimum absolute atomic E-state index is 0.0480. The molecule has 2 nitrogen and oxygen atoms in total. The van der Waals surface area contributed by atoms with E-state index in [9.17, 15) is 0 Å². The average molecular weight is 229 g/mol. The Bertz CT molecular complexity index is 483. The summed E-state index contributed by atoms with van der Waals surface area (Å²) < 4.78 is 5.85. The molecule has 1 aliphatic heterocycles. The number of benzene rings is 1. The molecule has 0 N–H and O–H groups in total. The van der Waals surface area contributed by atoms with Gasteiger partial charge < -0.3 is 4.74 Å². The molecule has 0 aromatic heterocycles. The summed E-state index contributed by atoms with van der Waals surface area (Å²) in [6.45, 7) is 7.16. The summed E-state index contributed by atoms with van der Waals surface area (Å²) in [5, 5.41) is 0. The van der Waals surface area contributed by atoms with Gasteiger partial charge in [-0.25, -0.2) is 4.99 Å². The second-order valence-corrected chi connectivity index (χ2v) is 5.92. The fraction of sp³-hybridized carbons (Fsp3) is 0.533. The predicted molar refractivity (Wildman–Crippen MR) is 69.6 cm³/mol. The van der Waals surface area contributed by atoms with Gasteiger partial charge >= 0.3 is 0 Å². The highest BCUT2D eigenvalue weighted by Crippen LogP contribution is 2.52. The summed E-state index contributed by atoms with van der Waals surface area (Å²) in [4.78, 5) is 4.77. The Labute approximate surface area is 103 Å². The second kappa shape index (κ2) is 3.34. The zero-order chi connectivity index (χ0) is 12.1. The van der Waals surface area contributed by atoms with Crippen LogP contribution in [0.4, 0.5) is 0 Å². The monoisotopic (exact) mass is 229 g/mol. The Morgan fingerprint density at radius 1 is 1.18 bits per heavy atom. The van der Waals surface area contributed by atoms with Crippen LogP contribution in [-0.2, 0) is 10.2 Å². The Morgan fingerprint density at radius 3 is 2.41 bits per heavy atom. The molecule has 1 aromatic carbocycles. The molecule has 0 radical (unpaired) electrons. The van der Waals surface area contributed by atoms with Crippen molar-refractivity contribution in [2.24, 2.45) is 4.99 Å². The molecule has 1 aromatic rings. The van der Waals surface area contributed by atoms with Gasteiger partial charge in [0.2, 0.25) is 0 Å². The van der Waals surface area contributed by atoms with Crippen molar-refractivity contribution >= 4 is 5.90 Å². The van der Waals surface area contributed by atoms with Gasteiger partial charge in [0.25, 0.3) is 0 Å². The van der Waals surface area contributed by atoms with Gasteiger partial charge in [0.1, 0.15) is 6.61 Å². The van der Waals surface area contributed by atoms with E-state index in [0.717, 1.165) is 12.5 Å². The molecule has 1 aliphatic carbocycles. The minimum atomic E-state index is -0.0480. The first kappa shape index (κ1) is 10.8. The SMILES string of the molecule is Cc1ccccc1C1(C2=NC(C)(C)CO2)CC1. The maximum absolute atomic E-state index is 5.85. The standard InChI is InChI=1S/C15H19NO/c1-11-6-4-5-7-12(11)15(8-9-15)13-16-14(2,3)10-17-13/h4-7H,8-10H2,1-3H3. The zero-order valence-corrected chi connectivity index (χ0v) is 10.8. The summed E-state index contributed by atoms with van der Waals surface area (Å²) in [5.74, 6) is 0.969. The van der Waals surface area contributed by atoms with E-state index >= 15 is 0 Å². The van der Waals surface area contributed by atoms with Gasteiger partial charge in [-0.15, -0.1) is 0 Å². The molecule has 90 valence electrons. The maximum atomic E-state index is 5.85. The Morgan fingerprint density at radius 2 is 1.88 bits per heavy atom. The van der Waals surface area contributed by atoms with Crippen LogP contribution in [0.5, 0.6) is 0 Å². The van der Waals surface area contributed by atoms with Crippen molar-refractivity contribution in [3.63, 3.8) is 0 Å². The van der Waals surface area contributed by atoms with E-state index in [2.05, 4.69) is 45.0 Å². The first-order chi connectivity index (χ1) is 8.04. The van der Waals surface area contributed by atoms with Crippen molar-refractivity contribution in [2.45, 2.75) is 44.6 Å². The number of aryl methyl sites for hydroxylation is 1. The maximum Gasteiger partial charge on any atom is 0.194 e. The molecule has 0 unspecified atom stereocenters. The Kier molecular flexibility index (Phi) is 2.13. The summed E-state index contributed by atoms with van der Waals surface area (Å²) in [6, 6.07) is 8.61. The van der Waals surface area contributed by atoms with E-state index in [0.29, 0.717) is 0 Å². The smallest absolute Gasteiger partial charge is 0.194 e. The van der Waals surface area contributed by atoms with Gasteiger partial charge in [0.15, 0.2) is 5.90 Å². The van der Waals surface area contributed by atoms with Crippen LogP contribution in [0.25, 0.3) is 0 Å². The third-order valence-corrected chi connectivity index (χ3v) is 3.79. The van der Waals surface area contributed by atoms with Gasteiger partial charge in [-0.3, -0.25) is 0 Å². The predicted octanol–water partition coefficient (Wildman–Crippen LogP) is 3.23. The molecule has 0 amide bonds. The molecular weight excluding hydrogens is 210 g/mol.